The Balaban J connectivity index is 1.31. The maximum absolute atomic E-state index is 13.9. The van der Waals surface area contributed by atoms with Gasteiger partial charge in [-0.2, -0.15) is 0 Å². The Morgan fingerprint density at radius 2 is 1.54 bits per heavy atom. The first-order chi connectivity index (χ1) is 23.2. The Labute approximate surface area is 278 Å². The Kier molecular flexibility index (Phi) is 9.47. The van der Waals surface area contributed by atoms with Crippen molar-refractivity contribution in [3.05, 3.63) is 75.7 Å². The van der Waals surface area contributed by atoms with Crippen molar-refractivity contribution in [2.45, 2.75) is 25.8 Å². The molecule has 3 aromatic rings. The van der Waals surface area contributed by atoms with Gasteiger partial charge >= 0.3 is 6.09 Å². The molecule has 2 fully saturated rings. The summed E-state index contributed by atoms with van der Waals surface area (Å²) in [5, 5.41) is 3.06. The molecule has 1 aromatic heterocycles. The summed E-state index contributed by atoms with van der Waals surface area (Å²) in [5.74, 6) is 0.812. The van der Waals surface area contributed by atoms with Gasteiger partial charge in [-0.15, -0.1) is 0 Å². The minimum atomic E-state index is -0.419. The van der Waals surface area contributed by atoms with Crippen LogP contribution >= 0.6 is 0 Å². The zero-order chi connectivity index (χ0) is 33.9. The van der Waals surface area contributed by atoms with Gasteiger partial charge in [-0.1, -0.05) is 6.07 Å². The fourth-order valence-corrected chi connectivity index (χ4v) is 7.03. The summed E-state index contributed by atoms with van der Waals surface area (Å²) in [7, 11) is 4.46. The summed E-state index contributed by atoms with van der Waals surface area (Å²) in [6.45, 7) is 5.48. The minimum absolute atomic E-state index is 0.0138. The second-order valence-electron chi connectivity index (χ2n) is 12.2. The minimum Gasteiger partial charge on any atom is -0.493 e. The molecule has 3 amide bonds. The molecule has 2 saturated heterocycles. The number of aromatic nitrogens is 1. The number of hydrogen-bond acceptors (Lipinski definition) is 9. The number of piperazine rings is 1. The molecule has 6 rings (SSSR count). The van der Waals surface area contributed by atoms with Crippen molar-refractivity contribution >= 4 is 29.3 Å². The Morgan fingerprint density at radius 1 is 0.833 bits per heavy atom. The van der Waals surface area contributed by atoms with Gasteiger partial charge in [0.2, 0.25) is 5.75 Å². The average molecular weight is 660 g/mol. The monoisotopic (exact) mass is 659 g/mol. The van der Waals surface area contributed by atoms with Gasteiger partial charge in [0.15, 0.2) is 11.5 Å². The lowest BCUT2D eigenvalue weighted by atomic mass is 9.83. The maximum Gasteiger partial charge on any atom is 0.409 e. The first kappa shape index (κ1) is 32.7. The molecule has 0 radical (unpaired) electrons. The molecule has 3 aliphatic heterocycles. The number of hydrogen-bond donors (Lipinski definition) is 1. The van der Waals surface area contributed by atoms with Crippen LogP contribution in [0.3, 0.4) is 0 Å². The van der Waals surface area contributed by atoms with Crippen LogP contribution in [-0.2, 0) is 11.3 Å². The fourth-order valence-electron chi connectivity index (χ4n) is 7.03. The van der Waals surface area contributed by atoms with Crippen LogP contribution in [-0.4, -0.2) is 99.5 Å². The first-order valence-electron chi connectivity index (χ1n) is 16.2. The van der Waals surface area contributed by atoms with Crippen molar-refractivity contribution in [1.29, 1.82) is 0 Å². The third kappa shape index (κ3) is 6.36. The van der Waals surface area contributed by atoms with E-state index in [0.717, 1.165) is 17.8 Å². The van der Waals surface area contributed by atoms with Crippen LogP contribution in [0.1, 0.15) is 45.7 Å². The summed E-state index contributed by atoms with van der Waals surface area (Å²) < 4.78 is 23.4. The van der Waals surface area contributed by atoms with E-state index in [4.69, 9.17) is 18.9 Å². The summed E-state index contributed by atoms with van der Waals surface area (Å²) in [6.07, 6.45) is 0.589. The number of amides is 3. The molecule has 13 nitrogen and oxygen atoms in total. The number of benzene rings is 2. The largest absolute Gasteiger partial charge is 0.493 e. The average Bonchev–Trinajstić information content (AvgIpc) is 3.11. The van der Waals surface area contributed by atoms with E-state index in [1.807, 2.05) is 22.8 Å². The Hall–Kier alpha value is -5.20. The number of fused-ring (bicyclic) bond motifs is 4. The van der Waals surface area contributed by atoms with E-state index < -0.39 is 5.91 Å². The first-order valence-corrected chi connectivity index (χ1v) is 16.2. The van der Waals surface area contributed by atoms with Gasteiger partial charge < -0.3 is 43.5 Å². The van der Waals surface area contributed by atoms with Crippen molar-refractivity contribution in [2.75, 3.05) is 77.4 Å². The number of rotatable bonds is 8. The van der Waals surface area contributed by atoms with Gasteiger partial charge in [0.25, 0.3) is 17.4 Å². The van der Waals surface area contributed by atoms with Gasteiger partial charge in [0, 0.05) is 74.6 Å². The van der Waals surface area contributed by atoms with E-state index in [2.05, 4.69) is 10.2 Å². The standard InChI is InChI=1S/C35H41N5O8/c1-5-48-35(44)38-13-11-37(12-14-38)34(43)23-9-10-28(39-19-22-15-25(21-39)27-7-6-8-31(41)40(27)20-22)26(16-23)36-33(42)24-17-29(45-2)32(47-4)30(18-24)46-3/h6-10,16-18,22,25H,5,11-15,19-21H2,1-4H3,(H,36,42)/t22-,25+/m1/s1. The van der Waals surface area contributed by atoms with Gasteiger partial charge in [-0.05, 0) is 55.7 Å². The van der Waals surface area contributed by atoms with Crippen molar-refractivity contribution < 1.29 is 33.3 Å². The SMILES string of the molecule is CCOC(=O)N1CCN(C(=O)c2ccc(N3C[C@H]4C[C@@H](C3)c3cccc(=O)n3C4)c(NC(=O)c3cc(OC)c(OC)c(OC)c3)c2)CC1. The highest BCUT2D eigenvalue weighted by Gasteiger charge is 2.36. The number of carbonyl (C=O) groups excluding carboxylic acids is 3. The quantitative estimate of drug-likeness (QED) is 0.385. The number of ether oxygens (including phenoxy) is 4. The zero-order valence-electron chi connectivity index (χ0n) is 27.7. The van der Waals surface area contributed by atoms with Crippen LogP contribution in [0.15, 0.2) is 53.3 Å². The molecular formula is C35H41N5O8. The molecule has 3 aliphatic rings. The normalized spacial score (nSPS) is 18.5. The van der Waals surface area contributed by atoms with E-state index in [1.54, 1.807) is 47.1 Å². The molecule has 2 aromatic carbocycles. The third-order valence-electron chi connectivity index (χ3n) is 9.33. The molecule has 4 heterocycles. The van der Waals surface area contributed by atoms with Crippen molar-refractivity contribution in [1.82, 2.24) is 14.4 Å². The summed E-state index contributed by atoms with van der Waals surface area (Å²) in [4.78, 5) is 57.9. The number of methoxy groups -OCH3 is 3. The van der Waals surface area contributed by atoms with E-state index in [0.29, 0.717) is 80.9 Å². The molecule has 0 unspecified atom stereocenters. The molecule has 0 aliphatic carbocycles. The lowest BCUT2D eigenvalue weighted by Crippen LogP contribution is -2.50. The summed E-state index contributed by atoms with van der Waals surface area (Å²) in [6, 6.07) is 14.0. The smallest absolute Gasteiger partial charge is 0.409 e. The highest BCUT2D eigenvalue weighted by atomic mass is 16.6. The number of nitrogens with zero attached hydrogens (tertiary/aromatic N) is 4. The molecule has 254 valence electrons. The van der Waals surface area contributed by atoms with Gasteiger partial charge in [0.05, 0.1) is 39.3 Å². The van der Waals surface area contributed by atoms with Crippen LogP contribution in [0, 0.1) is 5.92 Å². The van der Waals surface area contributed by atoms with E-state index in [1.165, 1.54) is 21.3 Å². The molecule has 1 N–H and O–H groups in total. The van der Waals surface area contributed by atoms with Crippen molar-refractivity contribution in [2.24, 2.45) is 5.92 Å². The molecule has 48 heavy (non-hydrogen) atoms. The van der Waals surface area contributed by atoms with Crippen LogP contribution in [0.4, 0.5) is 16.2 Å². The molecule has 2 atom stereocenters. The predicted molar refractivity (Wildman–Crippen MR) is 179 cm³/mol. The Bertz CT molecular complexity index is 1740. The number of carbonyl (C=O) groups is 3. The van der Waals surface area contributed by atoms with Crippen LogP contribution < -0.4 is 30.0 Å². The number of nitrogens with one attached hydrogen (secondary N) is 1. The fraction of sp³-hybridized carbons (Fsp3) is 0.429. The number of pyridine rings is 1. The maximum atomic E-state index is 13.9. The summed E-state index contributed by atoms with van der Waals surface area (Å²) >= 11 is 0. The second kappa shape index (κ2) is 13.9. The van der Waals surface area contributed by atoms with Crippen molar-refractivity contribution in [3.63, 3.8) is 0 Å². The third-order valence-corrected chi connectivity index (χ3v) is 9.33. The highest BCUT2D eigenvalue weighted by molar-refractivity contribution is 6.08. The molecule has 13 heteroatoms. The zero-order valence-corrected chi connectivity index (χ0v) is 27.7. The summed E-state index contributed by atoms with van der Waals surface area (Å²) in [5.41, 5.74) is 2.99. The lowest BCUT2D eigenvalue weighted by molar-refractivity contribution is 0.0570. The van der Waals surface area contributed by atoms with Crippen LogP contribution in [0.5, 0.6) is 17.2 Å². The van der Waals surface area contributed by atoms with E-state index in [9.17, 15) is 19.2 Å². The van der Waals surface area contributed by atoms with E-state index in [-0.39, 0.29) is 35.0 Å². The molecule has 2 bridgehead atoms. The number of anilines is 2. The topological polar surface area (TPSA) is 132 Å². The predicted octanol–water partition coefficient (Wildman–Crippen LogP) is 3.66. The van der Waals surface area contributed by atoms with Crippen molar-refractivity contribution in [3.8, 4) is 17.2 Å². The Morgan fingerprint density at radius 3 is 2.21 bits per heavy atom. The van der Waals surface area contributed by atoms with Gasteiger partial charge in [-0.3, -0.25) is 14.4 Å². The van der Waals surface area contributed by atoms with E-state index >= 15 is 0 Å². The van der Waals surface area contributed by atoms with Gasteiger partial charge in [-0.25, -0.2) is 4.79 Å². The molecule has 0 saturated carbocycles. The van der Waals surface area contributed by atoms with Crippen LogP contribution in [0.2, 0.25) is 0 Å². The van der Waals surface area contributed by atoms with Crippen LogP contribution in [0.25, 0.3) is 0 Å². The lowest BCUT2D eigenvalue weighted by Gasteiger charge is -2.44. The second-order valence-corrected chi connectivity index (χ2v) is 12.2. The molecule has 0 spiro atoms. The highest BCUT2D eigenvalue weighted by Crippen LogP contribution is 2.41. The van der Waals surface area contributed by atoms with Gasteiger partial charge in [0.1, 0.15) is 0 Å². The molecular weight excluding hydrogens is 618 g/mol. The number of piperidine rings is 1.